The van der Waals surface area contributed by atoms with Gasteiger partial charge in [0.2, 0.25) is 0 Å². The number of amides is 1. The van der Waals surface area contributed by atoms with Crippen molar-refractivity contribution in [2.24, 2.45) is 7.05 Å². The number of nitrogens with one attached hydrogen (secondary N) is 1. The van der Waals surface area contributed by atoms with E-state index < -0.39 is 25.8 Å². The summed E-state index contributed by atoms with van der Waals surface area (Å²) in [5.74, 6) is -0.108. The molecule has 2 atom stereocenters. The first-order valence-corrected chi connectivity index (χ1v) is 9.37. The molecule has 108 valence electrons. The van der Waals surface area contributed by atoms with Crippen LogP contribution in [-0.2, 0) is 26.9 Å². The summed E-state index contributed by atoms with van der Waals surface area (Å²) in [7, 11) is 1.87. The zero-order valence-corrected chi connectivity index (χ0v) is 13.1. The van der Waals surface area contributed by atoms with Gasteiger partial charge in [0.05, 0.1) is 0 Å². The quantitative estimate of drug-likeness (QED) is 0.796. The smallest absolute Gasteiger partial charge is 0.268 e. The highest BCUT2D eigenvalue weighted by molar-refractivity contribution is 8.13. The minimum Gasteiger partial charge on any atom is -0.347 e. The van der Waals surface area contributed by atoms with E-state index in [0.717, 1.165) is 0 Å². The third-order valence-electron chi connectivity index (χ3n) is 2.36. The molecule has 0 aromatic carbocycles. The van der Waals surface area contributed by atoms with E-state index in [2.05, 4.69) is 5.32 Å². The average molecular weight is 327 g/mol. The molecule has 0 bridgehead atoms. The maximum atomic E-state index is 11.9. The maximum absolute atomic E-state index is 11.9. The fourth-order valence-corrected chi connectivity index (χ4v) is 3.16. The van der Waals surface area contributed by atoms with Gasteiger partial charge in [0, 0.05) is 52.8 Å². The largest absolute Gasteiger partial charge is 0.347 e. The summed E-state index contributed by atoms with van der Waals surface area (Å²) in [4.78, 5) is 11.8. The van der Waals surface area contributed by atoms with E-state index >= 15 is 0 Å². The lowest BCUT2D eigenvalue weighted by atomic mass is 10.3. The molecule has 1 rings (SSSR count). The lowest BCUT2D eigenvalue weighted by molar-refractivity contribution is 0.0935. The number of aryl methyl sites for hydroxylation is 1. The summed E-state index contributed by atoms with van der Waals surface area (Å²) < 4.78 is 34.7. The standard InChI is InChI=1S/C10H15ClN2O4S2/c1-7(6-18(3)15)12-10(14)9-4-8(5-13(9)2)19(11,16)17/h4-5,7H,6H2,1-3H3,(H,12,14). The Hall–Kier alpha value is -0.860. The van der Waals surface area contributed by atoms with Crippen molar-refractivity contribution in [3.63, 3.8) is 0 Å². The predicted octanol–water partition coefficient (Wildman–Crippen LogP) is 0.449. The number of carbonyl (C=O) groups is 1. The molecule has 1 aromatic rings. The molecule has 1 N–H and O–H groups in total. The van der Waals surface area contributed by atoms with Gasteiger partial charge in [0.25, 0.3) is 15.0 Å². The molecular formula is C10H15ClN2O4S2. The zero-order valence-electron chi connectivity index (χ0n) is 10.7. The third kappa shape index (κ3) is 4.63. The van der Waals surface area contributed by atoms with Gasteiger partial charge in [0.1, 0.15) is 10.6 Å². The van der Waals surface area contributed by atoms with Crippen LogP contribution in [0.4, 0.5) is 0 Å². The van der Waals surface area contributed by atoms with Crippen molar-refractivity contribution in [3.05, 3.63) is 18.0 Å². The van der Waals surface area contributed by atoms with Crippen LogP contribution >= 0.6 is 10.7 Å². The topological polar surface area (TPSA) is 85.2 Å². The van der Waals surface area contributed by atoms with Crippen LogP contribution in [0.15, 0.2) is 17.2 Å². The van der Waals surface area contributed by atoms with Gasteiger partial charge in [-0.25, -0.2) is 8.42 Å². The summed E-state index contributed by atoms with van der Waals surface area (Å²) in [6, 6.07) is 0.928. The molecule has 1 amide bonds. The van der Waals surface area contributed by atoms with Gasteiger partial charge in [-0.2, -0.15) is 0 Å². The van der Waals surface area contributed by atoms with Crippen LogP contribution in [0.25, 0.3) is 0 Å². The number of hydrogen-bond donors (Lipinski definition) is 1. The highest BCUT2D eigenvalue weighted by Gasteiger charge is 2.19. The van der Waals surface area contributed by atoms with Crippen LogP contribution in [0, 0.1) is 0 Å². The molecule has 0 aliphatic carbocycles. The van der Waals surface area contributed by atoms with E-state index in [4.69, 9.17) is 10.7 Å². The fraction of sp³-hybridized carbons (Fsp3) is 0.500. The molecule has 0 saturated heterocycles. The number of rotatable bonds is 5. The molecule has 2 unspecified atom stereocenters. The maximum Gasteiger partial charge on any atom is 0.268 e. The van der Waals surface area contributed by atoms with Crippen molar-refractivity contribution in [1.82, 2.24) is 9.88 Å². The second-order valence-corrected chi connectivity index (χ2v) is 8.27. The van der Waals surface area contributed by atoms with Crippen LogP contribution in [0.3, 0.4) is 0 Å². The van der Waals surface area contributed by atoms with Crippen LogP contribution in [0.2, 0.25) is 0 Å². The van der Waals surface area contributed by atoms with Crippen molar-refractivity contribution >= 4 is 36.4 Å². The van der Waals surface area contributed by atoms with Gasteiger partial charge >= 0.3 is 0 Å². The molecule has 19 heavy (non-hydrogen) atoms. The SMILES string of the molecule is CC(CS(C)=O)NC(=O)c1cc(S(=O)(=O)Cl)cn1C. The van der Waals surface area contributed by atoms with Crippen molar-refractivity contribution in [1.29, 1.82) is 0 Å². The Balaban J connectivity index is 2.89. The van der Waals surface area contributed by atoms with Gasteiger partial charge in [0.15, 0.2) is 0 Å². The Morgan fingerprint density at radius 3 is 2.58 bits per heavy atom. The molecule has 9 heteroatoms. The van der Waals surface area contributed by atoms with Crippen molar-refractivity contribution < 1.29 is 17.4 Å². The number of halogens is 1. The average Bonchev–Trinajstić information content (AvgIpc) is 2.58. The molecular weight excluding hydrogens is 312 g/mol. The molecule has 0 aliphatic heterocycles. The normalized spacial score (nSPS) is 14.9. The minimum atomic E-state index is -3.86. The molecule has 0 saturated carbocycles. The summed E-state index contributed by atoms with van der Waals surface area (Å²) in [5.41, 5.74) is 0.174. The lowest BCUT2D eigenvalue weighted by Crippen LogP contribution is -2.36. The fourth-order valence-electron chi connectivity index (χ4n) is 1.58. The molecule has 0 fully saturated rings. The van der Waals surface area contributed by atoms with Gasteiger partial charge in [-0.05, 0) is 13.0 Å². The van der Waals surface area contributed by atoms with E-state index in [0.29, 0.717) is 5.75 Å². The second kappa shape index (κ2) is 6.06. The van der Waals surface area contributed by atoms with Gasteiger partial charge in [-0.3, -0.25) is 9.00 Å². The second-order valence-electron chi connectivity index (χ2n) is 4.22. The van der Waals surface area contributed by atoms with E-state index in [1.807, 2.05) is 0 Å². The van der Waals surface area contributed by atoms with Gasteiger partial charge in [-0.1, -0.05) is 0 Å². The monoisotopic (exact) mass is 326 g/mol. The summed E-state index contributed by atoms with van der Waals surface area (Å²) in [6.45, 7) is 1.72. The lowest BCUT2D eigenvalue weighted by Gasteiger charge is -2.12. The Morgan fingerprint density at radius 1 is 1.58 bits per heavy atom. The Labute approximate surface area is 119 Å². The summed E-state index contributed by atoms with van der Waals surface area (Å²) in [5, 5.41) is 2.64. The first-order valence-electron chi connectivity index (χ1n) is 5.33. The van der Waals surface area contributed by atoms with Crippen LogP contribution in [-0.4, -0.2) is 41.2 Å². The molecule has 1 aromatic heterocycles. The molecule has 0 aliphatic rings. The Morgan fingerprint density at radius 2 is 2.16 bits per heavy atom. The van der Waals surface area contributed by atoms with Crippen LogP contribution < -0.4 is 5.32 Å². The van der Waals surface area contributed by atoms with Crippen molar-refractivity contribution in [3.8, 4) is 0 Å². The van der Waals surface area contributed by atoms with Crippen molar-refractivity contribution in [2.45, 2.75) is 17.9 Å². The molecule has 0 radical (unpaired) electrons. The van der Waals surface area contributed by atoms with Gasteiger partial charge < -0.3 is 9.88 Å². The highest BCUT2D eigenvalue weighted by Crippen LogP contribution is 2.17. The van der Waals surface area contributed by atoms with Crippen LogP contribution in [0.1, 0.15) is 17.4 Å². The minimum absolute atomic E-state index is 0.131. The Bertz CT molecular complexity index is 609. The number of aromatic nitrogens is 1. The highest BCUT2D eigenvalue weighted by atomic mass is 35.7. The molecule has 0 spiro atoms. The molecule has 6 nitrogen and oxygen atoms in total. The summed E-state index contributed by atoms with van der Waals surface area (Å²) in [6.07, 6.45) is 2.81. The van der Waals surface area contributed by atoms with Crippen molar-refractivity contribution in [2.75, 3.05) is 12.0 Å². The number of nitrogens with zero attached hydrogens (tertiary/aromatic N) is 1. The summed E-state index contributed by atoms with van der Waals surface area (Å²) >= 11 is 0. The Kier molecular flexibility index (Phi) is 5.17. The zero-order chi connectivity index (χ0) is 14.8. The molecule has 1 heterocycles. The van der Waals surface area contributed by atoms with E-state index in [-0.39, 0.29) is 16.6 Å². The predicted molar refractivity (Wildman–Crippen MR) is 74.3 cm³/mol. The van der Waals surface area contributed by atoms with E-state index in [9.17, 15) is 17.4 Å². The van der Waals surface area contributed by atoms with E-state index in [1.165, 1.54) is 16.8 Å². The third-order valence-corrected chi connectivity index (χ3v) is 4.65. The van der Waals surface area contributed by atoms with Crippen LogP contribution in [0.5, 0.6) is 0 Å². The number of carbonyl (C=O) groups excluding carboxylic acids is 1. The first-order chi connectivity index (χ1) is 8.61. The number of hydrogen-bond acceptors (Lipinski definition) is 4. The van der Waals surface area contributed by atoms with Gasteiger partial charge in [-0.15, -0.1) is 0 Å². The first kappa shape index (κ1) is 16.2. The van der Waals surface area contributed by atoms with E-state index in [1.54, 1.807) is 20.2 Å².